The third kappa shape index (κ3) is 1.52. The Morgan fingerprint density at radius 2 is 2.08 bits per heavy atom. The minimum absolute atomic E-state index is 0.00421. The molecule has 0 aromatic rings. The molecule has 0 bridgehead atoms. The van der Waals surface area contributed by atoms with Gasteiger partial charge in [0.2, 0.25) is 0 Å². The van der Waals surface area contributed by atoms with Crippen LogP contribution in [0.1, 0.15) is 20.8 Å². The average Bonchev–Trinajstić information content (AvgIpc) is 2.41. The van der Waals surface area contributed by atoms with Gasteiger partial charge in [-0.25, -0.2) is 4.79 Å². The smallest absolute Gasteiger partial charge is 0.315 e. The summed E-state index contributed by atoms with van der Waals surface area (Å²) in [6.45, 7) is 6.70. The van der Waals surface area contributed by atoms with Crippen LogP contribution in [0.15, 0.2) is 0 Å². The third-order valence-electron chi connectivity index (χ3n) is 2.68. The number of amides is 2. The van der Waals surface area contributed by atoms with Gasteiger partial charge in [0.1, 0.15) is 0 Å². The molecule has 0 aliphatic carbocycles. The van der Waals surface area contributed by atoms with Crippen LogP contribution in [0.4, 0.5) is 4.79 Å². The van der Waals surface area contributed by atoms with E-state index in [1.165, 1.54) is 0 Å². The zero-order valence-electron chi connectivity index (χ0n) is 8.26. The lowest BCUT2D eigenvalue weighted by molar-refractivity contribution is 0.246. The summed E-state index contributed by atoms with van der Waals surface area (Å²) in [4.78, 5) is 11.1. The summed E-state index contributed by atoms with van der Waals surface area (Å²) in [5.74, 6) is 1.05. The first-order valence-corrected chi connectivity index (χ1v) is 5.72. The molecular formula is C9H16N2OS. The molecule has 2 N–H and O–H groups in total. The van der Waals surface area contributed by atoms with E-state index in [1.54, 1.807) is 0 Å². The second kappa shape index (κ2) is 2.80. The Bertz CT molecular complexity index is 236. The fourth-order valence-electron chi connectivity index (χ4n) is 2.08. The second-order valence-electron chi connectivity index (χ2n) is 4.87. The SMILES string of the molecule is CC(C)(C)[C@@H]1SC[C@@H]2NC(=O)N[C@@H]21. The van der Waals surface area contributed by atoms with Crippen LogP contribution < -0.4 is 10.6 Å². The Morgan fingerprint density at radius 3 is 2.69 bits per heavy atom. The number of carbonyl (C=O) groups is 1. The third-order valence-corrected chi connectivity index (χ3v) is 4.59. The molecule has 3 nitrogen and oxygen atoms in total. The maximum atomic E-state index is 11.1. The minimum Gasteiger partial charge on any atom is -0.332 e. The lowest BCUT2D eigenvalue weighted by atomic mass is 9.86. The zero-order chi connectivity index (χ0) is 9.64. The molecule has 74 valence electrons. The molecule has 0 radical (unpaired) electrons. The summed E-state index contributed by atoms with van der Waals surface area (Å²) < 4.78 is 0. The fourth-order valence-corrected chi connectivity index (χ4v) is 3.75. The summed E-state index contributed by atoms with van der Waals surface area (Å²) in [6, 6.07) is 0.684. The van der Waals surface area contributed by atoms with Crippen molar-refractivity contribution < 1.29 is 4.79 Å². The Morgan fingerprint density at radius 1 is 1.38 bits per heavy atom. The molecule has 2 heterocycles. The van der Waals surface area contributed by atoms with E-state index in [1.807, 2.05) is 11.8 Å². The first-order valence-electron chi connectivity index (χ1n) is 4.67. The van der Waals surface area contributed by atoms with E-state index in [2.05, 4.69) is 31.4 Å². The van der Waals surface area contributed by atoms with Gasteiger partial charge in [-0.15, -0.1) is 0 Å². The van der Waals surface area contributed by atoms with E-state index in [-0.39, 0.29) is 11.4 Å². The van der Waals surface area contributed by atoms with Gasteiger partial charge in [0.15, 0.2) is 0 Å². The highest BCUT2D eigenvalue weighted by molar-refractivity contribution is 8.00. The van der Waals surface area contributed by atoms with Crippen molar-refractivity contribution in [3.8, 4) is 0 Å². The fraction of sp³-hybridized carbons (Fsp3) is 0.889. The molecule has 2 amide bonds. The molecule has 0 aromatic heterocycles. The standard InChI is InChI=1S/C9H16N2OS/c1-9(2,3)7-6-5(4-13-7)10-8(12)11-6/h5-7H,4H2,1-3H3,(H2,10,11,12)/t5-,6-,7+/m0/s1. The van der Waals surface area contributed by atoms with Crippen LogP contribution in [0.25, 0.3) is 0 Å². The first-order chi connectivity index (χ1) is 5.98. The number of fused-ring (bicyclic) bond motifs is 1. The summed E-state index contributed by atoms with van der Waals surface area (Å²) in [5, 5.41) is 6.49. The van der Waals surface area contributed by atoms with E-state index in [4.69, 9.17) is 0 Å². The Kier molecular flexibility index (Phi) is 1.98. The van der Waals surface area contributed by atoms with Gasteiger partial charge < -0.3 is 10.6 Å². The molecular weight excluding hydrogens is 184 g/mol. The lowest BCUT2D eigenvalue weighted by Crippen LogP contribution is -2.42. The van der Waals surface area contributed by atoms with Gasteiger partial charge in [-0.2, -0.15) is 11.8 Å². The predicted molar refractivity (Wildman–Crippen MR) is 54.9 cm³/mol. The Balaban J connectivity index is 2.13. The van der Waals surface area contributed by atoms with Gasteiger partial charge in [-0.3, -0.25) is 0 Å². The van der Waals surface area contributed by atoms with Crippen molar-refractivity contribution in [2.75, 3.05) is 5.75 Å². The maximum absolute atomic E-state index is 11.1. The van der Waals surface area contributed by atoms with E-state index >= 15 is 0 Å². The van der Waals surface area contributed by atoms with Crippen molar-refractivity contribution >= 4 is 17.8 Å². The number of hydrogen-bond acceptors (Lipinski definition) is 2. The topological polar surface area (TPSA) is 41.1 Å². The van der Waals surface area contributed by atoms with Crippen LogP contribution in [0.3, 0.4) is 0 Å². The molecule has 2 saturated heterocycles. The van der Waals surface area contributed by atoms with Crippen LogP contribution in [0.2, 0.25) is 0 Å². The van der Waals surface area contributed by atoms with Crippen molar-refractivity contribution in [2.24, 2.45) is 5.41 Å². The van der Waals surface area contributed by atoms with E-state index in [0.717, 1.165) is 5.75 Å². The second-order valence-corrected chi connectivity index (χ2v) is 6.04. The van der Waals surface area contributed by atoms with Crippen LogP contribution in [-0.2, 0) is 0 Å². The predicted octanol–water partition coefficient (Wildman–Crippen LogP) is 1.20. The van der Waals surface area contributed by atoms with Crippen molar-refractivity contribution in [2.45, 2.75) is 38.1 Å². The molecule has 0 unspecified atom stereocenters. The quantitative estimate of drug-likeness (QED) is 0.577. The zero-order valence-corrected chi connectivity index (χ0v) is 9.07. The summed E-state index contributed by atoms with van der Waals surface area (Å²) in [5.41, 5.74) is 0.267. The van der Waals surface area contributed by atoms with Crippen LogP contribution in [0, 0.1) is 5.41 Å². The van der Waals surface area contributed by atoms with Crippen molar-refractivity contribution in [1.82, 2.24) is 10.6 Å². The highest BCUT2D eigenvalue weighted by Crippen LogP contribution is 2.40. The molecule has 2 aliphatic heterocycles. The van der Waals surface area contributed by atoms with Crippen LogP contribution >= 0.6 is 11.8 Å². The van der Waals surface area contributed by atoms with Gasteiger partial charge in [-0.1, -0.05) is 20.8 Å². The van der Waals surface area contributed by atoms with Gasteiger partial charge in [0.25, 0.3) is 0 Å². The summed E-state index contributed by atoms with van der Waals surface area (Å²) >= 11 is 1.97. The Labute approximate surface area is 83.0 Å². The van der Waals surface area contributed by atoms with Gasteiger partial charge in [0.05, 0.1) is 12.1 Å². The number of hydrogen-bond donors (Lipinski definition) is 2. The van der Waals surface area contributed by atoms with Crippen LogP contribution in [-0.4, -0.2) is 29.1 Å². The van der Waals surface area contributed by atoms with Crippen molar-refractivity contribution in [1.29, 1.82) is 0 Å². The molecule has 0 aromatic carbocycles. The van der Waals surface area contributed by atoms with Crippen LogP contribution in [0.5, 0.6) is 0 Å². The highest BCUT2D eigenvalue weighted by Gasteiger charge is 2.47. The molecule has 2 fully saturated rings. The lowest BCUT2D eigenvalue weighted by Gasteiger charge is -2.30. The van der Waals surface area contributed by atoms with Crippen molar-refractivity contribution in [3.05, 3.63) is 0 Å². The largest absolute Gasteiger partial charge is 0.332 e. The first kappa shape index (κ1) is 9.19. The molecule has 4 heteroatoms. The Hall–Kier alpha value is -0.380. The van der Waals surface area contributed by atoms with E-state index in [0.29, 0.717) is 17.3 Å². The average molecular weight is 200 g/mol. The number of urea groups is 1. The van der Waals surface area contributed by atoms with E-state index in [9.17, 15) is 4.79 Å². The normalized spacial score (nSPS) is 38.4. The number of rotatable bonds is 0. The van der Waals surface area contributed by atoms with Gasteiger partial charge in [0, 0.05) is 11.0 Å². The summed E-state index contributed by atoms with van der Waals surface area (Å²) in [6.07, 6.45) is 0. The van der Waals surface area contributed by atoms with E-state index < -0.39 is 0 Å². The highest BCUT2D eigenvalue weighted by atomic mass is 32.2. The molecule has 13 heavy (non-hydrogen) atoms. The maximum Gasteiger partial charge on any atom is 0.315 e. The molecule has 3 atom stereocenters. The number of carbonyl (C=O) groups excluding carboxylic acids is 1. The number of nitrogens with one attached hydrogen (secondary N) is 2. The number of thioether (sulfide) groups is 1. The molecule has 0 saturated carbocycles. The minimum atomic E-state index is 0.00421. The molecule has 2 aliphatic rings. The van der Waals surface area contributed by atoms with Gasteiger partial charge >= 0.3 is 6.03 Å². The van der Waals surface area contributed by atoms with Crippen molar-refractivity contribution in [3.63, 3.8) is 0 Å². The van der Waals surface area contributed by atoms with Gasteiger partial charge in [-0.05, 0) is 5.41 Å². The molecule has 2 rings (SSSR count). The monoisotopic (exact) mass is 200 g/mol. The molecule has 0 spiro atoms. The summed E-state index contributed by atoms with van der Waals surface area (Å²) in [7, 11) is 0.